The van der Waals surface area contributed by atoms with Crippen molar-refractivity contribution in [2.24, 2.45) is 0 Å². The highest BCUT2D eigenvalue weighted by Crippen LogP contribution is 2.29. The first-order valence-corrected chi connectivity index (χ1v) is 8.02. The van der Waals surface area contributed by atoms with E-state index in [1.807, 2.05) is 0 Å². The second-order valence-electron chi connectivity index (χ2n) is 4.89. The summed E-state index contributed by atoms with van der Waals surface area (Å²) in [7, 11) is -5.43. The van der Waals surface area contributed by atoms with Gasteiger partial charge >= 0.3 is 15.7 Å². The fraction of sp³-hybridized carbons (Fsp3) is 0. The summed E-state index contributed by atoms with van der Waals surface area (Å²) < 4.78 is 100.0. The largest absolute Gasteiger partial charge is 0.423 e. The highest BCUT2D eigenvalue weighted by atomic mass is 32.2. The van der Waals surface area contributed by atoms with Crippen LogP contribution in [0.4, 0.5) is 22.0 Å². The minimum Gasteiger partial charge on any atom is -0.423 e. The zero-order chi connectivity index (χ0) is 19.2. The second-order valence-corrected chi connectivity index (χ2v) is 6.37. The summed E-state index contributed by atoms with van der Waals surface area (Å²) in [6.07, 6.45) is 0. The van der Waals surface area contributed by atoms with E-state index >= 15 is 0 Å². The van der Waals surface area contributed by atoms with Gasteiger partial charge in [-0.15, -0.1) is 0 Å². The van der Waals surface area contributed by atoms with Crippen molar-refractivity contribution in [1.82, 2.24) is 0 Å². The van der Waals surface area contributed by atoms with Crippen LogP contribution in [0.15, 0.2) is 44.4 Å². The van der Waals surface area contributed by atoms with Crippen molar-refractivity contribution < 1.29 is 39.0 Å². The molecule has 0 saturated heterocycles. The Bertz CT molecular complexity index is 1180. The summed E-state index contributed by atoms with van der Waals surface area (Å²) in [5.74, 6) is -13.1. The zero-order valence-electron chi connectivity index (χ0n) is 12.7. The maximum absolute atomic E-state index is 13.7. The van der Waals surface area contributed by atoms with Gasteiger partial charge in [-0.25, -0.2) is 26.7 Å². The molecule has 0 spiro atoms. The van der Waals surface area contributed by atoms with Crippen LogP contribution in [0.3, 0.4) is 0 Å². The third-order valence-corrected chi connectivity index (χ3v) is 4.49. The molecule has 1 heterocycles. The molecule has 27 heavy (non-hydrogen) atoms. The molecule has 1 aromatic heterocycles. The number of rotatable bonds is 3. The Balaban J connectivity index is 0.00000261. The van der Waals surface area contributed by atoms with Crippen molar-refractivity contribution in [3.63, 3.8) is 0 Å². The molecule has 0 aliphatic heterocycles. The van der Waals surface area contributed by atoms with E-state index in [2.05, 4.69) is 4.18 Å². The van der Waals surface area contributed by atoms with E-state index in [0.717, 1.165) is 18.2 Å². The number of halogens is 5. The topological polar surface area (TPSA) is 73.6 Å². The van der Waals surface area contributed by atoms with E-state index in [1.165, 1.54) is 12.1 Å². The van der Waals surface area contributed by atoms with Crippen molar-refractivity contribution >= 4 is 34.6 Å². The third kappa shape index (κ3) is 3.62. The molecule has 0 saturated carbocycles. The quantitative estimate of drug-likeness (QED) is 0.211. The molecule has 2 aromatic carbocycles. The van der Waals surface area contributed by atoms with Gasteiger partial charge in [0.25, 0.3) is 0 Å². The number of benzene rings is 2. The monoisotopic (exact) mass is 426 g/mol. The smallest absolute Gasteiger partial charge is 0.345 e. The second kappa shape index (κ2) is 7.19. The van der Waals surface area contributed by atoms with Gasteiger partial charge < -0.3 is 8.60 Å². The first-order valence-electron chi connectivity index (χ1n) is 6.61. The van der Waals surface area contributed by atoms with E-state index in [9.17, 15) is 35.2 Å². The molecule has 0 amide bonds. The van der Waals surface area contributed by atoms with Crippen LogP contribution in [-0.2, 0) is 10.1 Å². The van der Waals surface area contributed by atoms with Gasteiger partial charge in [-0.1, -0.05) is 0 Å². The zero-order valence-corrected chi connectivity index (χ0v) is 14.5. The molecule has 0 fully saturated rings. The standard InChI is InChI=1S/C15H5F5O5S.H2S/c16-10-11(17)13(19)15(14(20)12(10)18)26(22,23)25-7-3-1-6-2-4-9(21)24-8(6)5-7;/h1-5H;1H2. The molecule has 12 heteroatoms. The van der Waals surface area contributed by atoms with E-state index < -0.39 is 55.5 Å². The van der Waals surface area contributed by atoms with Crippen LogP contribution in [0.2, 0.25) is 0 Å². The number of hydrogen-bond donors (Lipinski definition) is 0. The van der Waals surface area contributed by atoms with Gasteiger partial charge in [0.05, 0.1) is 0 Å². The highest BCUT2D eigenvalue weighted by molar-refractivity contribution is 7.87. The number of hydrogen-bond acceptors (Lipinski definition) is 5. The molecular weight excluding hydrogens is 419 g/mol. The minimum absolute atomic E-state index is 0. The van der Waals surface area contributed by atoms with Gasteiger partial charge in [0.2, 0.25) is 5.82 Å². The molecule has 0 aliphatic rings. The van der Waals surface area contributed by atoms with E-state index in [-0.39, 0.29) is 19.1 Å². The summed E-state index contributed by atoms with van der Waals surface area (Å²) in [5, 5.41) is 0.366. The molecule has 0 unspecified atom stereocenters. The molecule has 0 atom stereocenters. The fourth-order valence-electron chi connectivity index (χ4n) is 2.07. The molecule has 0 radical (unpaired) electrons. The molecule has 3 rings (SSSR count). The SMILES string of the molecule is O=c1ccc2ccc(OS(=O)(=O)c3c(F)c(F)c(F)c(F)c3F)cc2o1.S. The Labute approximate surface area is 154 Å². The molecule has 0 bridgehead atoms. The summed E-state index contributed by atoms with van der Waals surface area (Å²) >= 11 is 0. The van der Waals surface area contributed by atoms with E-state index in [1.54, 1.807) is 0 Å². The maximum atomic E-state index is 13.7. The van der Waals surface area contributed by atoms with Crippen LogP contribution in [0, 0.1) is 29.1 Å². The molecule has 5 nitrogen and oxygen atoms in total. The van der Waals surface area contributed by atoms with Crippen LogP contribution in [0.5, 0.6) is 5.75 Å². The Morgan fingerprint density at radius 2 is 1.33 bits per heavy atom. The first kappa shape index (κ1) is 20.7. The third-order valence-electron chi connectivity index (χ3n) is 3.22. The van der Waals surface area contributed by atoms with Gasteiger partial charge in [-0.05, 0) is 18.2 Å². The van der Waals surface area contributed by atoms with Crippen molar-refractivity contribution in [2.45, 2.75) is 4.90 Å². The normalized spacial score (nSPS) is 11.3. The van der Waals surface area contributed by atoms with Crippen LogP contribution in [-0.4, -0.2) is 8.42 Å². The summed E-state index contributed by atoms with van der Waals surface area (Å²) in [4.78, 5) is 9.02. The predicted octanol–water partition coefficient (Wildman–Crippen LogP) is 3.37. The van der Waals surface area contributed by atoms with Gasteiger partial charge in [0, 0.05) is 17.5 Å². The molecule has 0 aliphatic carbocycles. The van der Waals surface area contributed by atoms with Gasteiger partial charge in [0.1, 0.15) is 11.3 Å². The lowest BCUT2D eigenvalue weighted by atomic mass is 10.2. The molecule has 0 N–H and O–H groups in total. The lowest BCUT2D eigenvalue weighted by molar-refractivity contribution is 0.352. The molecular formula is C15H7F5O5S2. The van der Waals surface area contributed by atoms with Crippen LogP contribution < -0.4 is 9.81 Å². The Morgan fingerprint density at radius 1 is 0.815 bits per heavy atom. The lowest BCUT2D eigenvalue weighted by Crippen LogP contribution is -2.17. The van der Waals surface area contributed by atoms with Crippen molar-refractivity contribution in [1.29, 1.82) is 0 Å². The van der Waals surface area contributed by atoms with Crippen molar-refractivity contribution in [2.75, 3.05) is 0 Å². The Hall–Kier alpha value is -2.60. The molecule has 144 valence electrons. The van der Waals surface area contributed by atoms with Crippen LogP contribution in [0.1, 0.15) is 0 Å². The van der Waals surface area contributed by atoms with Gasteiger partial charge in [-0.2, -0.15) is 21.9 Å². The van der Waals surface area contributed by atoms with Crippen LogP contribution >= 0.6 is 13.5 Å². The summed E-state index contributed by atoms with van der Waals surface area (Å²) in [5.41, 5.74) is -0.889. The lowest BCUT2D eigenvalue weighted by Gasteiger charge is -2.10. The predicted molar refractivity (Wildman–Crippen MR) is 86.9 cm³/mol. The fourth-order valence-corrected chi connectivity index (χ4v) is 3.12. The minimum atomic E-state index is -5.43. The van der Waals surface area contributed by atoms with Gasteiger partial charge in [0.15, 0.2) is 28.2 Å². The Kier molecular flexibility index (Phi) is 5.52. The first-order chi connectivity index (χ1) is 12.1. The average Bonchev–Trinajstić information content (AvgIpc) is 2.57. The molecule has 3 aromatic rings. The van der Waals surface area contributed by atoms with Gasteiger partial charge in [-0.3, -0.25) is 0 Å². The maximum Gasteiger partial charge on any atom is 0.345 e. The van der Waals surface area contributed by atoms with Crippen LogP contribution in [0.25, 0.3) is 11.0 Å². The summed E-state index contributed by atoms with van der Waals surface area (Å²) in [6.45, 7) is 0. The summed E-state index contributed by atoms with van der Waals surface area (Å²) in [6, 6.07) is 5.63. The average molecular weight is 426 g/mol. The van der Waals surface area contributed by atoms with E-state index in [4.69, 9.17) is 4.42 Å². The number of fused-ring (bicyclic) bond motifs is 1. The van der Waals surface area contributed by atoms with Crippen molar-refractivity contribution in [3.05, 3.63) is 69.8 Å². The Morgan fingerprint density at radius 3 is 1.93 bits per heavy atom. The highest BCUT2D eigenvalue weighted by Gasteiger charge is 2.35. The van der Waals surface area contributed by atoms with Crippen molar-refractivity contribution in [3.8, 4) is 5.75 Å². The van der Waals surface area contributed by atoms with E-state index in [0.29, 0.717) is 5.39 Å².